The predicted molar refractivity (Wildman–Crippen MR) is 82.6 cm³/mol. The third-order valence-corrected chi connectivity index (χ3v) is 3.92. The van der Waals surface area contributed by atoms with E-state index in [-0.39, 0.29) is 12.7 Å². The summed E-state index contributed by atoms with van der Waals surface area (Å²) < 4.78 is 5.42. The summed E-state index contributed by atoms with van der Waals surface area (Å²) in [6.45, 7) is 6.71. The lowest BCUT2D eigenvalue weighted by Crippen LogP contribution is -2.38. The fraction of sp³-hybridized carbons (Fsp3) is 0.562. The number of aliphatic hydroxyl groups excluding tert-OH is 1. The number of carbonyl (C=O) groups is 1. The smallest absolute Gasteiger partial charge is 0.410 e. The Kier molecular flexibility index (Phi) is 4.79. The second-order valence-corrected chi connectivity index (χ2v) is 6.70. The van der Waals surface area contributed by atoms with Gasteiger partial charge in [-0.2, -0.15) is 0 Å². The summed E-state index contributed by atoms with van der Waals surface area (Å²) in [6, 6.07) is 3.80. The molecule has 0 bridgehead atoms. The van der Waals surface area contributed by atoms with Crippen molar-refractivity contribution in [1.29, 1.82) is 0 Å². The van der Waals surface area contributed by atoms with E-state index < -0.39 is 5.60 Å². The van der Waals surface area contributed by atoms with Crippen molar-refractivity contribution in [3.8, 4) is 0 Å². The second kappa shape index (κ2) is 6.24. The molecule has 0 saturated carbocycles. The zero-order valence-corrected chi connectivity index (χ0v) is 13.5. The highest BCUT2D eigenvalue weighted by atomic mass is 35.5. The Balaban J connectivity index is 2.16. The van der Waals surface area contributed by atoms with Crippen molar-refractivity contribution >= 4 is 17.7 Å². The van der Waals surface area contributed by atoms with E-state index in [1.807, 2.05) is 32.9 Å². The lowest BCUT2D eigenvalue weighted by atomic mass is 9.97. The molecule has 0 unspecified atom stereocenters. The second-order valence-electron chi connectivity index (χ2n) is 6.29. The van der Waals surface area contributed by atoms with E-state index in [0.29, 0.717) is 24.5 Å². The molecule has 1 aliphatic rings. The van der Waals surface area contributed by atoms with Gasteiger partial charge in [-0.1, -0.05) is 17.7 Å². The molecule has 0 radical (unpaired) electrons. The Labute approximate surface area is 130 Å². The van der Waals surface area contributed by atoms with E-state index in [1.54, 1.807) is 4.90 Å². The molecule has 2 rings (SSSR count). The van der Waals surface area contributed by atoms with Gasteiger partial charge in [0.25, 0.3) is 0 Å². The van der Waals surface area contributed by atoms with Crippen molar-refractivity contribution in [1.82, 2.24) is 4.90 Å². The Morgan fingerprint density at radius 2 is 2.00 bits per heavy atom. The number of hydrogen-bond donors (Lipinski definition) is 1. The molecule has 1 aromatic rings. The molecule has 5 heteroatoms. The molecule has 0 spiro atoms. The van der Waals surface area contributed by atoms with Crippen LogP contribution >= 0.6 is 11.6 Å². The normalized spacial score (nSPS) is 15.4. The summed E-state index contributed by atoms with van der Waals surface area (Å²) in [5.74, 6) is 0. The minimum Gasteiger partial charge on any atom is -0.444 e. The van der Waals surface area contributed by atoms with Gasteiger partial charge in [0.1, 0.15) is 5.60 Å². The summed E-state index contributed by atoms with van der Waals surface area (Å²) in [6.07, 6.45) is 1.15. The van der Waals surface area contributed by atoms with E-state index in [0.717, 1.165) is 23.1 Å². The van der Waals surface area contributed by atoms with Crippen molar-refractivity contribution < 1.29 is 14.6 Å². The number of hydrogen-bond acceptors (Lipinski definition) is 3. The highest BCUT2D eigenvalue weighted by Gasteiger charge is 2.25. The molecule has 0 fully saturated rings. The van der Waals surface area contributed by atoms with Crippen LogP contribution < -0.4 is 0 Å². The van der Waals surface area contributed by atoms with Crippen LogP contribution in [0.2, 0.25) is 5.02 Å². The number of ether oxygens (including phenoxy) is 1. The summed E-state index contributed by atoms with van der Waals surface area (Å²) in [7, 11) is 0. The number of fused-ring (bicyclic) bond motifs is 1. The van der Waals surface area contributed by atoms with Crippen LogP contribution in [0.5, 0.6) is 0 Å². The third kappa shape index (κ3) is 3.89. The van der Waals surface area contributed by atoms with E-state index in [4.69, 9.17) is 16.3 Å². The first-order valence-corrected chi connectivity index (χ1v) is 7.57. The molecule has 116 valence electrons. The number of halogens is 1. The standard InChI is InChI=1S/C16H22ClNO3/c1-16(2,3)21-15(20)18-8-6-11-4-5-14(17)13(10-19)12(11)7-9-18/h4-5,19H,6-10H2,1-3H3. The molecule has 0 saturated heterocycles. The van der Waals surface area contributed by atoms with Crippen LogP contribution in [0.25, 0.3) is 0 Å². The molecule has 21 heavy (non-hydrogen) atoms. The first kappa shape index (κ1) is 16.1. The van der Waals surface area contributed by atoms with Gasteiger partial charge >= 0.3 is 6.09 Å². The van der Waals surface area contributed by atoms with E-state index in [2.05, 4.69) is 0 Å². The van der Waals surface area contributed by atoms with Crippen molar-refractivity contribution in [2.45, 2.75) is 45.8 Å². The number of nitrogens with zero attached hydrogens (tertiary/aromatic N) is 1. The summed E-state index contributed by atoms with van der Waals surface area (Å²) in [5, 5.41) is 10.1. The zero-order valence-electron chi connectivity index (χ0n) is 12.8. The van der Waals surface area contributed by atoms with Crippen molar-refractivity contribution in [3.05, 3.63) is 33.8 Å². The highest BCUT2D eigenvalue weighted by molar-refractivity contribution is 6.31. The third-order valence-electron chi connectivity index (χ3n) is 3.56. The van der Waals surface area contributed by atoms with Crippen LogP contribution in [0, 0.1) is 0 Å². The van der Waals surface area contributed by atoms with Gasteiger partial charge in [0.2, 0.25) is 0 Å². The minimum atomic E-state index is -0.490. The zero-order chi connectivity index (χ0) is 15.6. The number of carbonyl (C=O) groups excluding carboxylic acids is 1. The van der Waals surface area contributed by atoms with Gasteiger partial charge in [-0.05, 0) is 56.4 Å². The molecular weight excluding hydrogens is 290 g/mol. The largest absolute Gasteiger partial charge is 0.444 e. The Bertz CT molecular complexity index is 537. The number of benzene rings is 1. The monoisotopic (exact) mass is 311 g/mol. The van der Waals surface area contributed by atoms with Gasteiger partial charge in [0.15, 0.2) is 0 Å². The van der Waals surface area contributed by atoms with E-state index in [1.165, 1.54) is 0 Å². The highest BCUT2D eigenvalue weighted by Crippen LogP contribution is 2.27. The van der Waals surface area contributed by atoms with Crippen molar-refractivity contribution in [2.75, 3.05) is 13.1 Å². The Morgan fingerprint density at radius 1 is 1.33 bits per heavy atom. The number of amides is 1. The molecule has 1 heterocycles. The number of rotatable bonds is 1. The van der Waals surface area contributed by atoms with Crippen molar-refractivity contribution in [2.24, 2.45) is 0 Å². The van der Waals surface area contributed by atoms with E-state index in [9.17, 15) is 9.90 Å². The SMILES string of the molecule is CC(C)(C)OC(=O)N1CCc2ccc(Cl)c(CO)c2CC1. The van der Waals surface area contributed by atoms with Crippen LogP contribution in [0.4, 0.5) is 4.79 Å². The quantitative estimate of drug-likeness (QED) is 0.866. The fourth-order valence-electron chi connectivity index (χ4n) is 2.55. The Hall–Kier alpha value is -1.26. The van der Waals surface area contributed by atoms with Crippen LogP contribution in [0.1, 0.15) is 37.5 Å². The van der Waals surface area contributed by atoms with Gasteiger partial charge in [0, 0.05) is 18.1 Å². The fourth-order valence-corrected chi connectivity index (χ4v) is 2.79. The van der Waals surface area contributed by atoms with Crippen molar-refractivity contribution in [3.63, 3.8) is 0 Å². The molecule has 1 amide bonds. The van der Waals surface area contributed by atoms with Crippen LogP contribution in [-0.4, -0.2) is 34.8 Å². The topological polar surface area (TPSA) is 49.8 Å². The number of aliphatic hydroxyl groups is 1. The molecule has 1 aliphatic heterocycles. The maximum Gasteiger partial charge on any atom is 0.410 e. The van der Waals surface area contributed by atoms with Crippen LogP contribution in [0.3, 0.4) is 0 Å². The first-order chi connectivity index (χ1) is 9.81. The maximum atomic E-state index is 12.2. The van der Waals surface area contributed by atoms with Gasteiger partial charge in [-0.15, -0.1) is 0 Å². The van der Waals surface area contributed by atoms with Gasteiger partial charge < -0.3 is 14.7 Å². The predicted octanol–water partition coefficient (Wildman–Crippen LogP) is 3.17. The Morgan fingerprint density at radius 3 is 2.62 bits per heavy atom. The maximum absolute atomic E-state index is 12.2. The lowest BCUT2D eigenvalue weighted by Gasteiger charge is -2.26. The molecule has 0 aliphatic carbocycles. The average Bonchev–Trinajstić information content (AvgIpc) is 2.59. The van der Waals surface area contributed by atoms with Crippen LogP contribution in [-0.2, 0) is 24.2 Å². The molecule has 4 nitrogen and oxygen atoms in total. The van der Waals surface area contributed by atoms with Gasteiger partial charge in [0.05, 0.1) is 6.61 Å². The minimum absolute atomic E-state index is 0.0750. The lowest BCUT2D eigenvalue weighted by molar-refractivity contribution is 0.0258. The summed E-state index contributed by atoms with van der Waals surface area (Å²) in [4.78, 5) is 13.9. The first-order valence-electron chi connectivity index (χ1n) is 7.19. The van der Waals surface area contributed by atoms with Gasteiger partial charge in [-0.3, -0.25) is 0 Å². The average molecular weight is 312 g/mol. The molecule has 0 atom stereocenters. The molecule has 1 aromatic carbocycles. The van der Waals surface area contributed by atoms with Crippen LogP contribution in [0.15, 0.2) is 12.1 Å². The molecule has 1 N–H and O–H groups in total. The molecular formula is C16H22ClNO3. The van der Waals surface area contributed by atoms with E-state index >= 15 is 0 Å². The summed E-state index contributed by atoms with van der Waals surface area (Å²) >= 11 is 6.14. The van der Waals surface area contributed by atoms with Gasteiger partial charge in [-0.25, -0.2) is 4.79 Å². The summed E-state index contributed by atoms with van der Waals surface area (Å²) in [5.41, 5.74) is 2.50. The molecule has 0 aromatic heterocycles.